The third-order valence-corrected chi connectivity index (χ3v) is 8.55. The maximum absolute atomic E-state index is 16.5. The Morgan fingerprint density at radius 1 is 1.06 bits per heavy atom. The summed E-state index contributed by atoms with van der Waals surface area (Å²) in [7, 11) is -5.25. The molecule has 0 aliphatic carbocycles. The van der Waals surface area contributed by atoms with Gasteiger partial charge in [0.15, 0.2) is 6.79 Å². The van der Waals surface area contributed by atoms with Crippen LogP contribution in [0.3, 0.4) is 0 Å². The number of aromatic nitrogens is 5. The summed E-state index contributed by atoms with van der Waals surface area (Å²) in [4.78, 5) is 34.4. The zero-order valence-corrected chi connectivity index (χ0v) is 26.2. The molecule has 47 heavy (non-hydrogen) atoms. The van der Waals surface area contributed by atoms with E-state index in [1.807, 2.05) is 32.0 Å². The van der Waals surface area contributed by atoms with Crippen molar-refractivity contribution in [3.63, 3.8) is 0 Å². The monoisotopic (exact) mass is 672 g/mol. The van der Waals surface area contributed by atoms with Crippen LogP contribution in [0.1, 0.15) is 47.4 Å². The number of ether oxygens (including phenoxy) is 1. The molecule has 4 heterocycles. The van der Waals surface area contributed by atoms with Crippen LogP contribution in [0.15, 0.2) is 48.9 Å². The lowest BCUT2D eigenvalue weighted by Crippen LogP contribution is -2.31. The van der Waals surface area contributed by atoms with Gasteiger partial charge in [-0.3, -0.25) is 0 Å². The first-order chi connectivity index (χ1) is 22.4. The molecule has 1 N–H and O–H groups in total. The summed E-state index contributed by atoms with van der Waals surface area (Å²) in [5.41, 5.74) is 4.82. The summed E-state index contributed by atoms with van der Waals surface area (Å²) in [5, 5.41) is 5.51. The van der Waals surface area contributed by atoms with Gasteiger partial charge in [-0.1, -0.05) is 32.0 Å². The van der Waals surface area contributed by atoms with Gasteiger partial charge in [-0.15, -0.1) is 0 Å². The molecule has 0 bridgehead atoms. The number of rotatable bonds is 10. The number of H-pyrrole nitrogens is 1. The third kappa shape index (κ3) is 6.54. The number of halogens is 4. The van der Waals surface area contributed by atoms with Crippen molar-refractivity contribution in [1.29, 1.82) is 0 Å². The van der Waals surface area contributed by atoms with Crippen LogP contribution < -0.4 is 14.7 Å². The number of phosphoric ester groups is 1. The molecular weight excluding hydrogens is 643 g/mol. The Labute approximate surface area is 266 Å². The minimum atomic E-state index is -5.25. The van der Waals surface area contributed by atoms with Crippen LogP contribution in [0.2, 0.25) is 0 Å². The highest BCUT2D eigenvalue weighted by atomic mass is 31.2. The normalized spacial score (nSPS) is 13.8. The smallest absolute Gasteiger partial charge is 0.419 e. The molecular formula is C31H29F4N6O5P-2. The first kappa shape index (κ1) is 32.8. The Morgan fingerprint density at radius 3 is 2.40 bits per heavy atom. The van der Waals surface area contributed by atoms with Gasteiger partial charge in [0.25, 0.3) is 0 Å². The number of alkyl halides is 3. The highest BCUT2D eigenvalue weighted by Crippen LogP contribution is 2.41. The van der Waals surface area contributed by atoms with Crippen LogP contribution >= 0.6 is 7.82 Å². The van der Waals surface area contributed by atoms with Crippen molar-refractivity contribution in [2.24, 2.45) is 0 Å². The largest absolute Gasteiger partial charge is 0.790 e. The van der Waals surface area contributed by atoms with Crippen molar-refractivity contribution < 1.29 is 41.2 Å². The zero-order valence-electron chi connectivity index (χ0n) is 25.3. The van der Waals surface area contributed by atoms with E-state index >= 15 is 4.39 Å². The molecule has 0 radical (unpaired) electrons. The fraction of sp³-hybridized carbons (Fsp3) is 0.323. The number of nitrogens with zero attached hydrogens (tertiary/aromatic N) is 5. The molecule has 1 aliphatic heterocycles. The van der Waals surface area contributed by atoms with E-state index < -0.39 is 32.2 Å². The Hall–Kier alpha value is -4.14. The van der Waals surface area contributed by atoms with Gasteiger partial charge >= 0.3 is 6.18 Å². The number of hydrogen-bond acceptors (Lipinski definition) is 9. The minimum absolute atomic E-state index is 0.105. The second-order valence-electron chi connectivity index (χ2n) is 11.0. The number of fused-ring (bicyclic) bond motifs is 2. The zero-order chi connectivity index (χ0) is 33.5. The molecule has 248 valence electrons. The highest BCUT2D eigenvalue weighted by Gasteiger charge is 2.34. The molecule has 0 atom stereocenters. The van der Waals surface area contributed by atoms with Crippen LogP contribution in [0.25, 0.3) is 27.8 Å². The van der Waals surface area contributed by atoms with Crippen molar-refractivity contribution in [2.75, 3.05) is 18.2 Å². The average molecular weight is 673 g/mol. The number of anilines is 1. The molecule has 0 spiro atoms. The van der Waals surface area contributed by atoms with E-state index in [1.165, 1.54) is 6.07 Å². The van der Waals surface area contributed by atoms with Crippen molar-refractivity contribution in [3.05, 3.63) is 88.3 Å². The van der Waals surface area contributed by atoms with E-state index in [1.54, 1.807) is 21.8 Å². The molecule has 0 saturated heterocycles. The summed E-state index contributed by atoms with van der Waals surface area (Å²) in [6.45, 7) is 3.49. The predicted octanol–water partition coefficient (Wildman–Crippen LogP) is 4.98. The van der Waals surface area contributed by atoms with E-state index in [0.29, 0.717) is 59.2 Å². The number of benzene rings is 2. The van der Waals surface area contributed by atoms with E-state index in [9.17, 15) is 27.5 Å². The predicted molar refractivity (Wildman–Crippen MR) is 160 cm³/mol. The lowest BCUT2D eigenvalue weighted by atomic mass is 9.95. The molecule has 0 unspecified atom stereocenters. The number of aromatic amines is 1. The van der Waals surface area contributed by atoms with Crippen LogP contribution in [0, 0.1) is 5.82 Å². The molecule has 0 amide bonds. The van der Waals surface area contributed by atoms with Crippen LogP contribution in [-0.2, 0) is 52.4 Å². The summed E-state index contributed by atoms with van der Waals surface area (Å²) in [6, 6.07) is 8.92. The number of aryl methyl sites for hydroxylation is 2. The molecule has 11 nitrogen and oxygen atoms in total. The average Bonchev–Trinajstić information content (AvgIpc) is 3.67. The Morgan fingerprint density at radius 2 is 1.77 bits per heavy atom. The number of phosphoric acid groups is 1. The minimum Gasteiger partial charge on any atom is -0.790 e. The number of hydrogen-bond donors (Lipinski definition) is 1. The standard InChI is InChI=1S/C31H31F4N6O5P/c1-3-18-6-5-7-19(4-2)28(18)41-29(23-15-40(11-9-25(23)39-41)30-37-13-21(14-38-30)31(33,34)35)26-22-8-10-36-27(22)20(12-24(26)32)16-45-17-46-47(42,43)44/h5-8,10,12-14,36H,3-4,9,11,15-17H2,1-2H3,(H2,42,43,44)/p-2. The van der Waals surface area contributed by atoms with Gasteiger partial charge in [0.05, 0.1) is 42.6 Å². The second-order valence-corrected chi connectivity index (χ2v) is 12.1. The lowest BCUT2D eigenvalue weighted by molar-refractivity contribution is -0.346. The molecule has 5 aromatic rings. The van der Waals surface area contributed by atoms with E-state index in [-0.39, 0.29) is 24.7 Å². The van der Waals surface area contributed by atoms with Crippen molar-refractivity contribution in [3.8, 4) is 16.9 Å². The Balaban J connectivity index is 1.50. The third-order valence-electron chi connectivity index (χ3n) is 8.13. The van der Waals surface area contributed by atoms with E-state index in [2.05, 4.69) is 19.5 Å². The Bertz CT molecular complexity index is 1950. The Kier molecular flexibility index (Phi) is 8.94. The molecule has 6 rings (SSSR count). The summed E-state index contributed by atoms with van der Waals surface area (Å²) in [6.07, 6.45) is 0.303. The van der Waals surface area contributed by atoms with Gasteiger partial charge < -0.3 is 33.5 Å². The summed E-state index contributed by atoms with van der Waals surface area (Å²) >= 11 is 0. The quantitative estimate of drug-likeness (QED) is 0.0941. The second kappa shape index (κ2) is 12.8. The highest BCUT2D eigenvalue weighted by molar-refractivity contribution is 7.43. The van der Waals surface area contributed by atoms with E-state index in [0.717, 1.165) is 29.2 Å². The number of nitrogens with one attached hydrogen (secondary N) is 1. The fourth-order valence-corrected chi connectivity index (χ4v) is 6.16. The van der Waals surface area contributed by atoms with Crippen LogP contribution in [0.5, 0.6) is 0 Å². The maximum atomic E-state index is 16.5. The topological polar surface area (TPSA) is 144 Å². The van der Waals surface area contributed by atoms with Crippen molar-refractivity contribution in [2.45, 2.75) is 52.4 Å². The molecule has 0 saturated carbocycles. The SMILES string of the molecule is CCc1cccc(CC)c1-n1nc2c(c1-c1c(F)cc(COCOP(=O)([O-])[O-])c3[nH]ccc13)CN(c1ncc(C(F)(F)F)cn1)CC2. The molecule has 1 aliphatic rings. The molecule has 0 fully saturated rings. The molecule has 2 aromatic carbocycles. The van der Waals surface area contributed by atoms with Crippen LogP contribution in [0.4, 0.5) is 23.5 Å². The maximum Gasteiger partial charge on any atom is 0.419 e. The van der Waals surface area contributed by atoms with Gasteiger partial charge in [-0.05, 0) is 36.1 Å². The first-order valence-corrected chi connectivity index (χ1v) is 16.2. The molecule has 3 aromatic heterocycles. The van der Waals surface area contributed by atoms with Crippen LogP contribution in [-0.4, -0.2) is 38.1 Å². The van der Waals surface area contributed by atoms with Gasteiger partial charge in [0, 0.05) is 60.2 Å². The van der Waals surface area contributed by atoms with Gasteiger partial charge in [0.1, 0.15) is 5.82 Å². The van der Waals surface area contributed by atoms with Gasteiger partial charge in [-0.25, -0.2) is 19.0 Å². The van der Waals surface area contributed by atoms with Crippen molar-refractivity contribution >= 4 is 24.7 Å². The summed E-state index contributed by atoms with van der Waals surface area (Å²) in [5.74, 6) is -0.512. The van der Waals surface area contributed by atoms with Gasteiger partial charge in [-0.2, -0.15) is 18.3 Å². The van der Waals surface area contributed by atoms with Crippen molar-refractivity contribution in [1.82, 2.24) is 24.7 Å². The fourth-order valence-electron chi connectivity index (χ4n) is 5.96. The molecule has 16 heteroatoms. The number of para-hydroxylation sites is 1. The summed E-state index contributed by atoms with van der Waals surface area (Å²) < 4.78 is 78.0. The van der Waals surface area contributed by atoms with Gasteiger partial charge in [0.2, 0.25) is 5.95 Å². The lowest BCUT2D eigenvalue weighted by Gasteiger charge is -2.28. The first-order valence-electron chi connectivity index (χ1n) is 14.8. The van der Waals surface area contributed by atoms with E-state index in [4.69, 9.17) is 9.84 Å².